The van der Waals surface area contributed by atoms with Crippen molar-refractivity contribution in [2.24, 2.45) is 0 Å². The fraction of sp³-hybridized carbons (Fsp3) is 0.250. The Morgan fingerprint density at radius 1 is 0.971 bits per heavy atom. The molecule has 2 amide bonds. The predicted molar refractivity (Wildman–Crippen MR) is 133 cm³/mol. The number of nitrogens with one attached hydrogen (secondary N) is 1. The monoisotopic (exact) mass is 452 g/mol. The second-order valence-electron chi connectivity index (χ2n) is 9.10. The molecule has 4 aromatic rings. The fourth-order valence-electron chi connectivity index (χ4n) is 4.93. The predicted octanol–water partition coefficient (Wildman–Crippen LogP) is 5.33. The third kappa shape index (κ3) is 4.07. The first-order chi connectivity index (χ1) is 16.4. The van der Waals surface area contributed by atoms with E-state index in [1.807, 2.05) is 97.0 Å². The SMILES string of the molecule is Cc1cc(C)cc(NC(=O)C[C@@H]2C(=O)N(Cc3ccccc3)[C@H](C)c3nc4ccccc4n32)c1. The zero-order chi connectivity index (χ0) is 23.8. The number of para-hydroxylation sites is 2. The van der Waals surface area contributed by atoms with Gasteiger partial charge in [-0.2, -0.15) is 0 Å². The molecule has 0 bridgehead atoms. The Balaban J connectivity index is 1.51. The average molecular weight is 453 g/mol. The Morgan fingerprint density at radius 2 is 1.65 bits per heavy atom. The van der Waals surface area contributed by atoms with Gasteiger partial charge >= 0.3 is 0 Å². The number of rotatable bonds is 5. The first-order valence-corrected chi connectivity index (χ1v) is 11.6. The normalized spacial score (nSPS) is 17.6. The van der Waals surface area contributed by atoms with E-state index in [-0.39, 0.29) is 24.3 Å². The van der Waals surface area contributed by atoms with Crippen LogP contribution in [0.15, 0.2) is 72.8 Å². The topological polar surface area (TPSA) is 67.2 Å². The summed E-state index contributed by atoms with van der Waals surface area (Å²) in [6.07, 6.45) is 0.0389. The molecule has 34 heavy (non-hydrogen) atoms. The van der Waals surface area contributed by atoms with Crippen LogP contribution in [0.5, 0.6) is 0 Å². The number of aryl methyl sites for hydroxylation is 2. The molecular weight excluding hydrogens is 424 g/mol. The lowest BCUT2D eigenvalue weighted by molar-refractivity contribution is -0.142. The van der Waals surface area contributed by atoms with Crippen molar-refractivity contribution in [3.63, 3.8) is 0 Å². The van der Waals surface area contributed by atoms with E-state index in [1.165, 1.54) is 0 Å². The first kappa shape index (κ1) is 21.9. The molecule has 0 unspecified atom stereocenters. The summed E-state index contributed by atoms with van der Waals surface area (Å²) in [5.41, 5.74) is 5.66. The minimum atomic E-state index is -0.659. The third-order valence-electron chi connectivity index (χ3n) is 6.42. The number of hydrogen-bond acceptors (Lipinski definition) is 3. The molecule has 1 aromatic heterocycles. The molecule has 2 atom stereocenters. The highest BCUT2D eigenvalue weighted by atomic mass is 16.2. The highest BCUT2D eigenvalue weighted by molar-refractivity contribution is 5.96. The van der Waals surface area contributed by atoms with Crippen LogP contribution in [0.4, 0.5) is 5.69 Å². The van der Waals surface area contributed by atoms with E-state index >= 15 is 0 Å². The van der Waals surface area contributed by atoms with E-state index in [0.717, 1.165) is 39.2 Å². The van der Waals surface area contributed by atoms with E-state index in [4.69, 9.17) is 4.98 Å². The van der Waals surface area contributed by atoms with Crippen molar-refractivity contribution < 1.29 is 9.59 Å². The van der Waals surface area contributed by atoms with Crippen molar-refractivity contribution in [3.05, 3.63) is 95.3 Å². The van der Waals surface area contributed by atoms with Gasteiger partial charge in [-0.1, -0.05) is 48.5 Å². The number of nitrogens with zero attached hydrogens (tertiary/aromatic N) is 3. The summed E-state index contributed by atoms with van der Waals surface area (Å²) in [6, 6.07) is 22.8. The maximum Gasteiger partial charge on any atom is 0.247 e. The summed E-state index contributed by atoms with van der Waals surface area (Å²) in [5, 5.41) is 2.99. The Hall–Kier alpha value is -3.93. The lowest BCUT2D eigenvalue weighted by Gasteiger charge is -2.38. The summed E-state index contributed by atoms with van der Waals surface area (Å²) in [4.78, 5) is 33.7. The van der Waals surface area contributed by atoms with Gasteiger partial charge in [-0.15, -0.1) is 0 Å². The highest BCUT2D eigenvalue weighted by Gasteiger charge is 2.40. The lowest BCUT2D eigenvalue weighted by atomic mass is 10.0. The van der Waals surface area contributed by atoms with Gasteiger partial charge in [0.2, 0.25) is 11.8 Å². The van der Waals surface area contributed by atoms with E-state index in [0.29, 0.717) is 6.54 Å². The number of imidazole rings is 1. The van der Waals surface area contributed by atoms with Crippen molar-refractivity contribution >= 4 is 28.5 Å². The van der Waals surface area contributed by atoms with Crippen LogP contribution in [0.3, 0.4) is 0 Å². The molecule has 1 aliphatic rings. The molecular formula is C28H28N4O2. The smallest absolute Gasteiger partial charge is 0.247 e. The number of benzene rings is 3. The van der Waals surface area contributed by atoms with Crippen molar-refractivity contribution in [1.29, 1.82) is 0 Å². The largest absolute Gasteiger partial charge is 0.327 e. The minimum absolute atomic E-state index is 0.0389. The molecule has 0 spiro atoms. The molecule has 6 nitrogen and oxygen atoms in total. The zero-order valence-corrected chi connectivity index (χ0v) is 19.7. The van der Waals surface area contributed by atoms with Crippen LogP contribution in [0.1, 0.15) is 47.9 Å². The molecule has 0 radical (unpaired) electrons. The second-order valence-corrected chi connectivity index (χ2v) is 9.10. The molecule has 5 rings (SSSR count). The molecule has 2 heterocycles. The van der Waals surface area contributed by atoms with Gasteiger partial charge in [-0.3, -0.25) is 9.59 Å². The van der Waals surface area contributed by atoms with Gasteiger partial charge in [0, 0.05) is 12.2 Å². The quantitative estimate of drug-likeness (QED) is 0.445. The molecule has 0 saturated carbocycles. The molecule has 1 aliphatic heterocycles. The average Bonchev–Trinajstić information content (AvgIpc) is 3.19. The molecule has 0 aliphatic carbocycles. The van der Waals surface area contributed by atoms with Crippen LogP contribution in [0, 0.1) is 13.8 Å². The van der Waals surface area contributed by atoms with Gasteiger partial charge in [0.1, 0.15) is 11.9 Å². The van der Waals surface area contributed by atoms with E-state index in [2.05, 4.69) is 11.4 Å². The number of carbonyl (C=O) groups is 2. The molecule has 6 heteroatoms. The van der Waals surface area contributed by atoms with Crippen LogP contribution in [0.2, 0.25) is 0 Å². The van der Waals surface area contributed by atoms with Gasteiger partial charge in [-0.05, 0) is 61.7 Å². The van der Waals surface area contributed by atoms with Gasteiger partial charge in [0.05, 0.1) is 23.5 Å². The fourth-order valence-corrected chi connectivity index (χ4v) is 4.93. The molecule has 172 valence electrons. The number of anilines is 1. The zero-order valence-electron chi connectivity index (χ0n) is 19.7. The Kier molecular flexibility index (Phi) is 5.65. The third-order valence-corrected chi connectivity index (χ3v) is 6.42. The summed E-state index contributed by atoms with van der Waals surface area (Å²) in [6.45, 7) is 6.48. The van der Waals surface area contributed by atoms with Crippen LogP contribution in [-0.2, 0) is 16.1 Å². The van der Waals surface area contributed by atoms with Gasteiger partial charge in [0.25, 0.3) is 0 Å². The van der Waals surface area contributed by atoms with E-state index < -0.39 is 6.04 Å². The summed E-state index contributed by atoms with van der Waals surface area (Å²) in [7, 11) is 0. The lowest BCUT2D eigenvalue weighted by Crippen LogP contribution is -2.45. The summed E-state index contributed by atoms with van der Waals surface area (Å²) in [5.74, 6) is 0.546. The van der Waals surface area contributed by atoms with Crippen LogP contribution in [0.25, 0.3) is 11.0 Å². The summed E-state index contributed by atoms with van der Waals surface area (Å²) >= 11 is 0. The molecule has 3 aromatic carbocycles. The van der Waals surface area contributed by atoms with Crippen LogP contribution < -0.4 is 5.32 Å². The molecule has 0 fully saturated rings. The van der Waals surface area contributed by atoms with Crippen molar-refractivity contribution in [3.8, 4) is 0 Å². The van der Waals surface area contributed by atoms with Crippen LogP contribution in [-0.4, -0.2) is 26.3 Å². The number of amides is 2. The van der Waals surface area contributed by atoms with Gasteiger partial charge in [0.15, 0.2) is 0 Å². The van der Waals surface area contributed by atoms with Crippen molar-refractivity contribution in [2.45, 2.75) is 45.8 Å². The molecule has 1 N–H and O–H groups in total. The van der Waals surface area contributed by atoms with E-state index in [1.54, 1.807) is 0 Å². The number of aromatic nitrogens is 2. The van der Waals surface area contributed by atoms with Crippen LogP contribution >= 0.6 is 0 Å². The first-order valence-electron chi connectivity index (χ1n) is 11.6. The second kappa shape index (κ2) is 8.78. The highest BCUT2D eigenvalue weighted by Crippen LogP contribution is 2.37. The van der Waals surface area contributed by atoms with Crippen molar-refractivity contribution in [2.75, 3.05) is 5.32 Å². The van der Waals surface area contributed by atoms with Gasteiger partial charge in [-0.25, -0.2) is 4.98 Å². The molecule has 0 saturated heterocycles. The Morgan fingerprint density at radius 3 is 2.38 bits per heavy atom. The van der Waals surface area contributed by atoms with E-state index in [9.17, 15) is 9.59 Å². The number of carbonyl (C=O) groups excluding carboxylic acids is 2. The Labute approximate surface area is 199 Å². The summed E-state index contributed by atoms with van der Waals surface area (Å²) < 4.78 is 1.96. The minimum Gasteiger partial charge on any atom is -0.327 e. The van der Waals surface area contributed by atoms with Gasteiger partial charge < -0.3 is 14.8 Å². The maximum absolute atomic E-state index is 13.8. The number of fused-ring (bicyclic) bond motifs is 3. The maximum atomic E-state index is 13.8. The van der Waals surface area contributed by atoms with Crippen molar-refractivity contribution in [1.82, 2.24) is 14.5 Å². The Bertz CT molecular complexity index is 1360. The standard InChI is InChI=1S/C28H28N4O2/c1-18-13-19(2)15-22(14-18)29-26(33)16-25-28(34)31(17-21-9-5-4-6-10-21)20(3)27-30-23-11-7-8-12-24(23)32(25)27/h4-15,20,25H,16-17H2,1-3H3,(H,29,33)/t20-,25-/m1/s1. The number of hydrogen-bond donors (Lipinski definition) is 1.